The second-order valence-electron chi connectivity index (χ2n) is 11.9. The Hall–Kier alpha value is -3.56. The molecule has 2 fully saturated rings. The zero-order valence-corrected chi connectivity index (χ0v) is 24.5. The van der Waals surface area contributed by atoms with Crippen molar-refractivity contribution in [2.24, 2.45) is 11.8 Å². The van der Waals surface area contributed by atoms with Gasteiger partial charge < -0.3 is 19.8 Å². The summed E-state index contributed by atoms with van der Waals surface area (Å²) in [6, 6.07) is 14.4. The zero-order valence-electron chi connectivity index (χ0n) is 24.5. The zero-order chi connectivity index (χ0) is 28.3. The van der Waals surface area contributed by atoms with E-state index in [4.69, 9.17) is 15.1 Å². The fourth-order valence-electron chi connectivity index (χ4n) is 6.50. The van der Waals surface area contributed by atoms with Gasteiger partial charge in [-0.3, -0.25) is 4.98 Å². The van der Waals surface area contributed by atoms with Gasteiger partial charge in [-0.2, -0.15) is 19.6 Å². The largest absolute Gasteiger partial charge is 0.395 e. The molecule has 9 heteroatoms. The van der Waals surface area contributed by atoms with Crippen molar-refractivity contribution in [2.75, 3.05) is 56.2 Å². The number of aliphatic hydroxyl groups excluding tert-OH is 1. The van der Waals surface area contributed by atoms with E-state index in [-0.39, 0.29) is 6.61 Å². The summed E-state index contributed by atoms with van der Waals surface area (Å²) < 4.78 is 1.89. The summed E-state index contributed by atoms with van der Waals surface area (Å²) >= 11 is 0. The highest BCUT2D eigenvalue weighted by Crippen LogP contribution is 2.35. The van der Waals surface area contributed by atoms with Crippen LogP contribution < -0.4 is 9.80 Å². The first-order valence-electron chi connectivity index (χ1n) is 15.1. The van der Waals surface area contributed by atoms with E-state index in [9.17, 15) is 5.11 Å². The van der Waals surface area contributed by atoms with E-state index < -0.39 is 0 Å². The summed E-state index contributed by atoms with van der Waals surface area (Å²) in [5, 5.41) is 14.0. The predicted molar refractivity (Wildman–Crippen MR) is 164 cm³/mol. The van der Waals surface area contributed by atoms with Gasteiger partial charge in [0.05, 0.1) is 18.5 Å². The molecule has 0 spiro atoms. The molecule has 0 amide bonds. The van der Waals surface area contributed by atoms with E-state index in [0.717, 1.165) is 84.6 Å². The van der Waals surface area contributed by atoms with Crippen molar-refractivity contribution in [3.05, 3.63) is 60.4 Å². The van der Waals surface area contributed by atoms with Crippen LogP contribution >= 0.6 is 0 Å². The van der Waals surface area contributed by atoms with Gasteiger partial charge in [-0.15, -0.1) is 0 Å². The van der Waals surface area contributed by atoms with Crippen molar-refractivity contribution in [3.63, 3.8) is 0 Å². The SMILES string of the molecule is CC(C)c1cnn2c(N(C)c3ccc(-c4ccccn4)cc3)nc(N3CCC(C4CCN(CCO)CC4)CC3)nc12. The van der Waals surface area contributed by atoms with Gasteiger partial charge >= 0.3 is 0 Å². The Labute approximate surface area is 242 Å². The summed E-state index contributed by atoms with van der Waals surface area (Å²) in [6.07, 6.45) is 8.60. The number of piperidine rings is 2. The number of rotatable bonds is 8. The van der Waals surface area contributed by atoms with Crippen molar-refractivity contribution in [2.45, 2.75) is 45.4 Å². The van der Waals surface area contributed by atoms with Crippen LogP contribution in [0.2, 0.25) is 0 Å². The minimum Gasteiger partial charge on any atom is -0.395 e. The van der Waals surface area contributed by atoms with Gasteiger partial charge in [0, 0.05) is 49.7 Å². The van der Waals surface area contributed by atoms with E-state index in [2.05, 4.69) is 57.8 Å². The number of nitrogens with zero attached hydrogens (tertiary/aromatic N) is 8. The molecule has 0 saturated carbocycles. The van der Waals surface area contributed by atoms with Crippen molar-refractivity contribution in [1.29, 1.82) is 0 Å². The number of fused-ring (bicyclic) bond motifs is 1. The molecule has 1 N–H and O–H groups in total. The molecule has 2 aliphatic heterocycles. The molecule has 41 heavy (non-hydrogen) atoms. The van der Waals surface area contributed by atoms with Crippen LogP contribution in [0.5, 0.6) is 0 Å². The van der Waals surface area contributed by atoms with Crippen LogP contribution in [-0.2, 0) is 0 Å². The molecule has 0 atom stereocenters. The van der Waals surface area contributed by atoms with Crippen LogP contribution in [0.3, 0.4) is 0 Å². The van der Waals surface area contributed by atoms with Gasteiger partial charge in [0.25, 0.3) is 0 Å². The Kier molecular flexibility index (Phi) is 8.16. The molecule has 0 bridgehead atoms. The predicted octanol–water partition coefficient (Wildman–Crippen LogP) is 5.00. The molecule has 3 aromatic heterocycles. The molecule has 4 aromatic rings. The first-order valence-corrected chi connectivity index (χ1v) is 15.1. The fourth-order valence-corrected chi connectivity index (χ4v) is 6.50. The number of hydrogen-bond acceptors (Lipinski definition) is 8. The van der Waals surface area contributed by atoms with Crippen LogP contribution in [0.25, 0.3) is 16.9 Å². The molecule has 6 rings (SSSR count). The summed E-state index contributed by atoms with van der Waals surface area (Å²) in [4.78, 5) is 21.6. The Morgan fingerprint density at radius 2 is 1.63 bits per heavy atom. The third kappa shape index (κ3) is 5.78. The standard InChI is InChI=1S/C32H42N8O/c1-23(2)28-22-34-40-30(28)35-31(39-18-13-25(14-19-39)24-11-16-38(17-12-24)20-21-41)36-32(40)37(3)27-9-7-26(8-10-27)29-6-4-5-15-33-29/h4-10,15,22-25,41H,11-14,16-21H2,1-3H3. The van der Waals surface area contributed by atoms with Gasteiger partial charge in [0.2, 0.25) is 11.9 Å². The van der Waals surface area contributed by atoms with Crippen molar-refractivity contribution in [1.82, 2.24) is 29.5 Å². The Bertz CT molecular complexity index is 1420. The first kappa shape index (κ1) is 27.6. The van der Waals surface area contributed by atoms with Gasteiger partial charge in [-0.25, -0.2) is 0 Å². The van der Waals surface area contributed by atoms with Crippen LogP contribution in [0, 0.1) is 11.8 Å². The second kappa shape index (κ2) is 12.1. The lowest BCUT2D eigenvalue weighted by Crippen LogP contribution is -2.42. The first-order chi connectivity index (χ1) is 20.0. The average Bonchev–Trinajstić information content (AvgIpc) is 3.46. The van der Waals surface area contributed by atoms with Crippen LogP contribution in [0.1, 0.15) is 51.0 Å². The van der Waals surface area contributed by atoms with E-state index in [1.54, 1.807) is 0 Å². The summed E-state index contributed by atoms with van der Waals surface area (Å²) in [7, 11) is 2.05. The van der Waals surface area contributed by atoms with Crippen molar-refractivity contribution in [3.8, 4) is 11.3 Å². The Morgan fingerprint density at radius 3 is 2.27 bits per heavy atom. The average molecular weight is 555 g/mol. The lowest BCUT2D eigenvalue weighted by atomic mass is 9.79. The molecule has 0 unspecified atom stereocenters. The highest BCUT2D eigenvalue weighted by Gasteiger charge is 2.31. The molecule has 0 aliphatic carbocycles. The maximum absolute atomic E-state index is 9.27. The highest BCUT2D eigenvalue weighted by molar-refractivity contribution is 5.67. The van der Waals surface area contributed by atoms with Crippen LogP contribution in [-0.4, -0.2) is 81.0 Å². The van der Waals surface area contributed by atoms with Crippen LogP contribution in [0.4, 0.5) is 17.6 Å². The Balaban J connectivity index is 1.23. The molecule has 5 heterocycles. The minimum atomic E-state index is 0.261. The Morgan fingerprint density at radius 1 is 0.927 bits per heavy atom. The number of aliphatic hydroxyl groups is 1. The van der Waals surface area contributed by atoms with E-state index in [0.29, 0.717) is 5.92 Å². The van der Waals surface area contributed by atoms with Gasteiger partial charge in [-0.05, 0) is 80.8 Å². The van der Waals surface area contributed by atoms with E-state index in [1.165, 1.54) is 25.7 Å². The topological polar surface area (TPSA) is 85.9 Å². The van der Waals surface area contributed by atoms with Crippen LogP contribution in [0.15, 0.2) is 54.9 Å². The maximum Gasteiger partial charge on any atom is 0.236 e. The lowest BCUT2D eigenvalue weighted by molar-refractivity contribution is 0.115. The molecule has 2 saturated heterocycles. The monoisotopic (exact) mass is 554 g/mol. The number of pyridine rings is 1. The van der Waals surface area contributed by atoms with Gasteiger partial charge in [0.15, 0.2) is 5.65 Å². The fraction of sp³-hybridized carbons (Fsp3) is 0.500. The highest BCUT2D eigenvalue weighted by atomic mass is 16.3. The molecule has 0 radical (unpaired) electrons. The van der Waals surface area contributed by atoms with E-state index >= 15 is 0 Å². The molecule has 1 aromatic carbocycles. The van der Waals surface area contributed by atoms with Gasteiger partial charge in [-0.1, -0.05) is 32.0 Å². The number of likely N-dealkylation sites (tertiary alicyclic amines) is 1. The second-order valence-corrected chi connectivity index (χ2v) is 11.9. The molecule has 9 nitrogen and oxygen atoms in total. The van der Waals surface area contributed by atoms with Crippen molar-refractivity contribution >= 4 is 23.2 Å². The van der Waals surface area contributed by atoms with Gasteiger partial charge in [0.1, 0.15) is 0 Å². The normalized spacial score (nSPS) is 17.5. The number of benzene rings is 1. The van der Waals surface area contributed by atoms with E-state index in [1.807, 2.05) is 42.2 Å². The quantitative estimate of drug-likeness (QED) is 0.326. The molecular formula is C32H42N8O. The number of β-amino-alcohol motifs (C(OH)–C–C–N with tert-alkyl or cyclic N) is 1. The smallest absolute Gasteiger partial charge is 0.236 e. The lowest BCUT2D eigenvalue weighted by Gasteiger charge is -2.40. The summed E-state index contributed by atoms with van der Waals surface area (Å²) in [6.45, 7) is 9.63. The number of anilines is 3. The minimum absolute atomic E-state index is 0.261. The summed E-state index contributed by atoms with van der Waals surface area (Å²) in [5.74, 6) is 3.42. The summed E-state index contributed by atoms with van der Waals surface area (Å²) in [5.41, 5.74) is 5.10. The molecule has 216 valence electrons. The molecular weight excluding hydrogens is 512 g/mol. The maximum atomic E-state index is 9.27. The third-order valence-electron chi connectivity index (χ3n) is 9.04. The number of hydrogen-bond donors (Lipinski definition) is 1. The van der Waals surface area contributed by atoms with Crippen molar-refractivity contribution < 1.29 is 5.11 Å². The number of aromatic nitrogens is 5. The third-order valence-corrected chi connectivity index (χ3v) is 9.04. The molecule has 2 aliphatic rings.